The van der Waals surface area contributed by atoms with Crippen LogP contribution in [-0.2, 0) is 16.1 Å². The number of hydrogen-bond donors (Lipinski definition) is 2. The number of rotatable bonds is 9. The van der Waals surface area contributed by atoms with E-state index in [1.807, 2.05) is 12.1 Å². The lowest BCUT2D eigenvalue weighted by Gasteiger charge is -2.17. The van der Waals surface area contributed by atoms with E-state index in [-0.39, 0.29) is 18.6 Å². The molecule has 0 aliphatic heterocycles. The van der Waals surface area contributed by atoms with E-state index in [0.29, 0.717) is 6.54 Å². The molecule has 0 amide bonds. The van der Waals surface area contributed by atoms with E-state index in [9.17, 15) is 4.79 Å². The largest absolute Gasteiger partial charge is 0.460 e. The van der Waals surface area contributed by atoms with Crippen LogP contribution in [0.1, 0.15) is 18.4 Å². The van der Waals surface area contributed by atoms with Gasteiger partial charge < -0.3 is 15.8 Å². The second-order valence-corrected chi connectivity index (χ2v) is 5.53. The standard InChI is InChI=1S/C19H24N2O2/c1-2-12-23-19(22)18(8-5-11-20)21-14-15-9-10-16-6-3-4-7-17(16)13-15/h2-4,6-7,9-10,13,18,21H,1,5,8,11-12,14,20H2/p+1/t18-/m0/s1. The summed E-state index contributed by atoms with van der Waals surface area (Å²) in [7, 11) is 0. The maximum atomic E-state index is 12.1. The van der Waals surface area contributed by atoms with Gasteiger partial charge in [0.15, 0.2) is 0 Å². The Balaban J connectivity index is 2.00. The fraction of sp³-hybridized carbons (Fsp3) is 0.316. The number of carbonyl (C=O) groups is 1. The highest BCUT2D eigenvalue weighted by Gasteiger charge is 2.18. The quantitative estimate of drug-likeness (QED) is 0.550. The number of ether oxygens (including phenoxy) is 1. The number of nitrogens with one attached hydrogen (secondary N) is 1. The van der Waals surface area contributed by atoms with Crippen LogP contribution in [-0.4, -0.2) is 25.2 Å². The molecule has 0 heterocycles. The molecule has 2 aromatic rings. The normalized spacial score (nSPS) is 12.0. The second-order valence-electron chi connectivity index (χ2n) is 5.53. The minimum absolute atomic E-state index is 0.223. The van der Waals surface area contributed by atoms with Crippen LogP contribution in [0.4, 0.5) is 0 Å². The SMILES string of the molecule is C=CCOC(=O)[C@H](CCC[NH3+])NCc1ccc2ccccc2c1. The van der Waals surface area contributed by atoms with Gasteiger partial charge in [0.05, 0.1) is 6.54 Å². The maximum absolute atomic E-state index is 12.1. The Hall–Kier alpha value is -2.17. The molecule has 4 nitrogen and oxygen atoms in total. The van der Waals surface area contributed by atoms with Gasteiger partial charge in [0, 0.05) is 6.54 Å². The molecular formula is C19H25N2O2+. The fourth-order valence-corrected chi connectivity index (χ4v) is 2.48. The maximum Gasteiger partial charge on any atom is 0.323 e. The van der Waals surface area contributed by atoms with Crippen LogP contribution in [0.5, 0.6) is 0 Å². The lowest BCUT2D eigenvalue weighted by Crippen LogP contribution is -2.51. The number of benzene rings is 2. The zero-order valence-corrected chi connectivity index (χ0v) is 13.5. The molecule has 122 valence electrons. The van der Waals surface area contributed by atoms with Crippen molar-refractivity contribution in [2.45, 2.75) is 25.4 Å². The van der Waals surface area contributed by atoms with Gasteiger partial charge in [-0.05, 0) is 35.2 Å². The molecule has 0 unspecified atom stereocenters. The number of hydrogen-bond acceptors (Lipinski definition) is 3. The van der Waals surface area contributed by atoms with E-state index in [2.05, 4.69) is 48.0 Å². The van der Waals surface area contributed by atoms with Crippen LogP contribution in [0.15, 0.2) is 55.1 Å². The molecule has 2 rings (SSSR count). The van der Waals surface area contributed by atoms with Gasteiger partial charge in [0.2, 0.25) is 0 Å². The van der Waals surface area contributed by atoms with Gasteiger partial charge in [-0.2, -0.15) is 0 Å². The summed E-state index contributed by atoms with van der Waals surface area (Å²) in [6, 6.07) is 14.3. The zero-order valence-electron chi connectivity index (χ0n) is 13.5. The molecule has 23 heavy (non-hydrogen) atoms. The molecule has 0 spiro atoms. The van der Waals surface area contributed by atoms with Crippen molar-refractivity contribution >= 4 is 16.7 Å². The molecule has 0 saturated carbocycles. The minimum atomic E-state index is -0.303. The molecule has 0 aliphatic rings. The van der Waals surface area contributed by atoms with E-state index in [4.69, 9.17) is 4.74 Å². The van der Waals surface area contributed by atoms with Crippen LogP contribution in [0.3, 0.4) is 0 Å². The van der Waals surface area contributed by atoms with Gasteiger partial charge in [-0.25, -0.2) is 0 Å². The lowest BCUT2D eigenvalue weighted by molar-refractivity contribution is -0.368. The Morgan fingerprint density at radius 3 is 2.78 bits per heavy atom. The Kier molecular flexibility index (Phi) is 6.78. The number of quaternary nitrogens is 1. The van der Waals surface area contributed by atoms with E-state index >= 15 is 0 Å². The Labute approximate surface area is 137 Å². The van der Waals surface area contributed by atoms with Crippen molar-refractivity contribution < 1.29 is 15.3 Å². The summed E-state index contributed by atoms with van der Waals surface area (Å²) in [6.07, 6.45) is 3.20. The van der Waals surface area contributed by atoms with Crippen LogP contribution in [0.2, 0.25) is 0 Å². The first-order chi connectivity index (χ1) is 11.2. The Morgan fingerprint density at radius 1 is 1.26 bits per heavy atom. The van der Waals surface area contributed by atoms with E-state index in [1.54, 1.807) is 6.08 Å². The third kappa shape index (κ3) is 5.20. The zero-order chi connectivity index (χ0) is 16.5. The number of esters is 1. The average Bonchev–Trinajstić information content (AvgIpc) is 2.59. The van der Waals surface area contributed by atoms with Crippen LogP contribution < -0.4 is 11.1 Å². The molecule has 0 radical (unpaired) electrons. The first-order valence-corrected chi connectivity index (χ1v) is 8.02. The van der Waals surface area contributed by atoms with Gasteiger partial charge in [0.1, 0.15) is 12.6 Å². The van der Waals surface area contributed by atoms with Crippen molar-refractivity contribution in [3.8, 4) is 0 Å². The smallest absolute Gasteiger partial charge is 0.323 e. The molecular weight excluding hydrogens is 288 g/mol. The monoisotopic (exact) mass is 313 g/mol. The molecule has 4 N–H and O–H groups in total. The topological polar surface area (TPSA) is 66.0 Å². The van der Waals surface area contributed by atoms with Crippen molar-refractivity contribution in [2.75, 3.05) is 13.2 Å². The molecule has 0 bridgehead atoms. The van der Waals surface area contributed by atoms with Crippen molar-refractivity contribution in [1.29, 1.82) is 0 Å². The Morgan fingerprint density at radius 2 is 2.04 bits per heavy atom. The number of carbonyl (C=O) groups excluding carboxylic acids is 1. The third-order valence-electron chi connectivity index (χ3n) is 3.74. The molecule has 0 fully saturated rings. The minimum Gasteiger partial charge on any atom is -0.460 e. The highest BCUT2D eigenvalue weighted by molar-refractivity contribution is 5.83. The summed E-state index contributed by atoms with van der Waals surface area (Å²) in [5, 5.41) is 5.73. The van der Waals surface area contributed by atoms with Gasteiger partial charge in [-0.3, -0.25) is 4.79 Å². The van der Waals surface area contributed by atoms with Crippen LogP contribution in [0, 0.1) is 0 Å². The van der Waals surface area contributed by atoms with Crippen LogP contribution >= 0.6 is 0 Å². The number of fused-ring (bicyclic) bond motifs is 1. The van der Waals surface area contributed by atoms with Crippen molar-refractivity contribution in [1.82, 2.24) is 5.32 Å². The molecule has 1 atom stereocenters. The highest BCUT2D eigenvalue weighted by Crippen LogP contribution is 2.15. The van der Waals surface area contributed by atoms with Crippen molar-refractivity contribution in [3.63, 3.8) is 0 Å². The van der Waals surface area contributed by atoms with Crippen molar-refractivity contribution in [3.05, 3.63) is 60.7 Å². The summed E-state index contributed by atoms with van der Waals surface area (Å²) in [5.41, 5.74) is 4.99. The summed E-state index contributed by atoms with van der Waals surface area (Å²) in [6.45, 7) is 5.26. The molecule has 4 heteroatoms. The predicted octanol–water partition coefficient (Wildman–Crippen LogP) is 2.05. The first-order valence-electron chi connectivity index (χ1n) is 8.02. The van der Waals surface area contributed by atoms with E-state index in [1.165, 1.54) is 10.8 Å². The van der Waals surface area contributed by atoms with Crippen molar-refractivity contribution in [2.24, 2.45) is 0 Å². The summed E-state index contributed by atoms with van der Waals surface area (Å²) >= 11 is 0. The molecule has 0 aliphatic carbocycles. The first kappa shape index (κ1) is 17.2. The second kappa shape index (κ2) is 9.08. The van der Waals surface area contributed by atoms with Gasteiger partial charge in [0.25, 0.3) is 0 Å². The van der Waals surface area contributed by atoms with Crippen LogP contribution in [0.25, 0.3) is 10.8 Å². The average molecular weight is 313 g/mol. The summed E-state index contributed by atoms with van der Waals surface area (Å²) < 4.78 is 5.17. The predicted molar refractivity (Wildman–Crippen MR) is 92.7 cm³/mol. The van der Waals surface area contributed by atoms with Gasteiger partial charge >= 0.3 is 5.97 Å². The van der Waals surface area contributed by atoms with Gasteiger partial charge in [-0.15, -0.1) is 0 Å². The highest BCUT2D eigenvalue weighted by atomic mass is 16.5. The summed E-state index contributed by atoms with van der Waals surface area (Å²) in [4.78, 5) is 12.1. The van der Waals surface area contributed by atoms with Gasteiger partial charge in [-0.1, -0.05) is 49.1 Å². The Bertz CT molecular complexity index is 655. The lowest BCUT2D eigenvalue weighted by atomic mass is 10.1. The van der Waals surface area contributed by atoms with E-state index in [0.717, 1.165) is 24.9 Å². The fourth-order valence-electron chi connectivity index (χ4n) is 2.48. The molecule has 0 aromatic heterocycles. The molecule has 2 aromatic carbocycles. The third-order valence-corrected chi connectivity index (χ3v) is 3.74. The summed E-state index contributed by atoms with van der Waals surface area (Å²) in [5.74, 6) is -0.223. The molecule has 0 saturated heterocycles. The van der Waals surface area contributed by atoms with E-state index < -0.39 is 0 Å².